The van der Waals surface area contributed by atoms with Gasteiger partial charge >= 0.3 is 0 Å². The van der Waals surface area contributed by atoms with Gasteiger partial charge in [0.05, 0.1) is 27.0 Å². The predicted octanol–water partition coefficient (Wildman–Crippen LogP) is 3.28. The summed E-state index contributed by atoms with van der Waals surface area (Å²) in [6.07, 6.45) is 3.90. The highest BCUT2D eigenvalue weighted by molar-refractivity contribution is 5.94. The number of benzene rings is 1. The average molecular weight is 381 g/mol. The van der Waals surface area contributed by atoms with Crippen molar-refractivity contribution >= 4 is 11.7 Å². The molecule has 2 heterocycles. The zero-order valence-electron chi connectivity index (χ0n) is 15.9. The zero-order valence-corrected chi connectivity index (χ0v) is 15.9. The van der Waals surface area contributed by atoms with Gasteiger partial charge in [-0.3, -0.25) is 4.79 Å². The number of carbonyl (C=O) groups excluding carboxylic acids is 1. The lowest BCUT2D eigenvalue weighted by molar-refractivity contribution is 0.0954. The van der Waals surface area contributed by atoms with Gasteiger partial charge < -0.3 is 24.5 Å². The minimum absolute atomic E-state index is 0.149. The first kappa shape index (κ1) is 19.3. The Morgan fingerprint density at radius 2 is 1.96 bits per heavy atom. The fourth-order valence-corrected chi connectivity index (χ4v) is 2.72. The molecule has 146 valence electrons. The molecule has 2 aromatic heterocycles. The van der Waals surface area contributed by atoms with Crippen LogP contribution in [0.1, 0.15) is 21.7 Å². The average Bonchev–Trinajstić information content (AvgIpc) is 3.26. The van der Waals surface area contributed by atoms with Crippen LogP contribution in [0.5, 0.6) is 11.5 Å². The summed E-state index contributed by atoms with van der Waals surface area (Å²) in [5.74, 6) is 2.62. The van der Waals surface area contributed by atoms with Crippen molar-refractivity contribution in [2.24, 2.45) is 0 Å². The number of hydrogen-bond acceptors (Lipinski definition) is 6. The molecule has 7 heteroatoms. The summed E-state index contributed by atoms with van der Waals surface area (Å²) in [5.41, 5.74) is 1.60. The van der Waals surface area contributed by atoms with Crippen LogP contribution in [0.3, 0.4) is 0 Å². The SMILES string of the molecule is COc1ccc(CCNC(=O)c2ccnc(NCc3ccco3)c2)cc1OC. The molecule has 1 amide bonds. The molecular formula is C21H23N3O4. The third-order valence-electron chi connectivity index (χ3n) is 4.19. The Morgan fingerprint density at radius 1 is 1.11 bits per heavy atom. The van der Waals surface area contributed by atoms with Crippen LogP contribution in [0.25, 0.3) is 0 Å². The highest BCUT2D eigenvalue weighted by atomic mass is 16.5. The minimum atomic E-state index is -0.149. The molecule has 0 radical (unpaired) electrons. The lowest BCUT2D eigenvalue weighted by atomic mass is 10.1. The number of anilines is 1. The van der Waals surface area contributed by atoms with Crippen molar-refractivity contribution in [3.63, 3.8) is 0 Å². The molecule has 0 aliphatic rings. The van der Waals surface area contributed by atoms with Crippen LogP contribution in [0.2, 0.25) is 0 Å². The number of nitrogens with one attached hydrogen (secondary N) is 2. The maximum Gasteiger partial charge on any atom is 0.251 e. The molecule has 28 heavy (non-hydrogen) atoms. The normalized spacial score (nSPS) is 10.4. The van der Waals surface area contributed by atoms with E-state index in [2.05, 4.69) is 15.6 Å². The summed E-state index contributed by atoms with van der Waals surface area (Å²) in [7, 11) is 3.20. The number of methoxy groups -OCH3 is 2. The largest absolute Gasteiger partial charge is 0.493 e. The van der Waals surface area contributed by atoms with Crippen LogP contribution in [-0.2, 0) is 13.0 Å². The number of rotatable bonds is 9. The Hall–Kier alpha value is -3.48. The van der Waals surface area contributed by atoms with E-state index in [1.165, 1.54) is 0 Å². The first-order valence-corrected chi connectivity index (χ1v) is 8.91. The van der Waals surface area contributed by atoms with Crippen molar-refractivity contribution in [2.75, 3.05) is 26.1 Å². The molecule has 0 aliphatic carbocycles. The first-order valence-electron chi connectivity index (χ1n) is 8.91. The topological polar surface area (TPSA) is 85.6 Å². The molecule has 3 aromatic rings. The lowest BCUT2D eigenvalue weighted by Gasteiger charge is -2.10. The highest BCUT2D eigenvalue weighted by Gasteiger charge is 2.08. The van der Waals surface area contributed by atoms with Crippen LogP contribution in [0.4, 0.5) is 5.82 Å². The van der Waals surface area contributed by atoms with Gasteiger partial charge in [0.1, 0.15) is 11.6 Å². The Balaban J connectivity index is 1.52. The molecule has 7 nitrogen and oxygen atoms in total. The van der Waals surface area contributed by atoms with Gasteiger partial charge in [0.25, 0.3) is 5.91 Å². The van der Waals surface area contributed by atoms with Gasteiger partial charge in [0.15, 0.2) is 11.5 Å². The van der Waals surface area contributed by atoms with E-state index in [9.17, 15) is 4.79 Å². The molecule has 0 aliphatic heterocycles. The zero-order chi connectivity index (χ0) is 19.8. The van der Waals surface area contributed by atoms with E-state index in [4.69, 9.17) is 13.9 Å². The number of ether oxygens (including phenoxy) is 2. The lowest BCUT2D eigenvalue weighted by Crippen LogP contribution is -2.25. The quantitative estimate of drug-likeness (QED) is 0.592. The summed E-state index contributed by atoms with van der Waals surface area (Å²) in [6.45, 7) is 1.01. The van der Waals surface area contributed by atoms with Crippen molar-refractivity contribution in [1.82, 2.24) is 10.3 Å². The standard InChI is InChI=1S/C21H23N3O4/c1-26-18-6-5-15(12-19(18)27-2)7-9-23-21(25)16-8-10-22-20(13-16)24-14-17-4-3-11-28-17/h3-6,8,10-13H,7,9,14H2,1-2H3,(H,22,24)(H,23,25). The van der Waals surface area contributed by atoms with Gasteiger partial charge in [-0.05, 0) is 48.4 Å². The minimum Gasteiger partial charge on any atom is -0.493 e. The number of aromatic nitrogens is 1. The van der Waals surface area contributed by atoms with Gasteiger partial charge in [-0.25, -0.2) is 4.98 Å². The van der Waals surface area contributed by atoms with Crippen LogP contribution < -0.4 is 20.1 Å². The summed E-state index contributed by atoms with van der Waals surface area (Å²) >= 11 is 0. The maximum atomic E-state index is 12.4. The van der Waals surface area contributed by atoms with E-state index >= 15 is 0 Å². The Bertz CT molecular complexity index is 910. The number of hydrogen-bond donors (Lipinski definition) is 2. The summed E-state index contributed by atoms with van der Waals surface area (Å²) in [5, 5.41) is 6.06. The molecule has 0 unspecified atom stereocenters. The molecule has 0 bridgehead atoms. The second-order valence-electron chi connectivity index (χ2n) is 6.06. The van der Waals surface area contributed by atoms with E-state index in [1.54, 1.807) is 38.8 Å². The number of amides is 1. The van der Waals surface area contributed by atoms with Crippen LogP contribution in [-0.4, -0.2) is 31.7 Å². The maximum absolute atomic E-state index is 12.4. The third kappa shape index (κ3) is 5.03. The third-order valence-corrected chi connectivity index (χ3v) is 4.19. The Labute approximate surface area is 163 Å². The Morgan fingerprint density at radius 3 is 2.71 bits per heavy atom. The molecule has 0 saturated heterocycles. The van der Waals surface area contributed by atoms with Crippen molar-refractivity contribution in [2.45, 2.75) is 13.0 Å². The number of carbonyl (C=O) groups is 1. The van der Waals surface area contributed by atoms with Crippen molar-refractivity contribution in [1.29, 1.82) is 0 Å². The fourth-order valence-electron chi connectivity index (χ4n) is 2.72. The van der Waals surface area contributed by atoms with Gasteiger partial charge in [0.2, 0.25) is 0 Å². The summed E-state index contributed by atoms with van der Waals surface area (Å²) < 4.78 is 15.8. The molecule has 0 atom stereocenters. The number of pyridine rings is 1. The predicted molar refractivity (Wildman–Crippen MR) is 106 cm³/mol. The monoisotopic (exact) mass is 381 g/mol. The van der Waals surface area contributed by atoms with Gasteiger partial charge in [-0.15, -0.1) is 0 Å². The second-order valence-corrected chi connectivity index (χ2v) is 6.06. The molecule has 0 fully saturated rings. The highest BCUT2D eigenvalue weighted by Crippen LogP contribution is 2.27. The van der Waals surface area contributed by atoms with Gasteiger partial charge in [0, 0.05) is 18.3 Å². The van der Waals surface area contributed by atoms with Crippen molar-refractivity contribution < 1.29 is 18.7 Å². The summed E-state index contributed by atoms with van der Waals surface area (Å²) in [6, 6.07) is 12.8. The van der Waals surface area contributed by atoms with Crippen molar-refractivity contribution in [3.05, 3.63) is 71.8 Å². The Kier molecular flexibility index (Phi) is 6.51. The van der Waals surface area contributed by atoms with Crippen LogP contribution in [0.15, 0.2) is 59.3 Å². The number of nitrogens with zero attached hydrogens (tertiary/aromatic N) is 1. The summed E-state index contributed by atoms with van der Waals surface area (Å²) in [4.78, 5) is 16.6. The molecule has 2 N–H and O–H groups in total. The fraction of sp³-hybridized carbons (Fsp3) is 0.238. The van der Waals surface area contributed by atoms with Crippen LogP contribution in [0, 0.1) is 0 Å². The van der Waals surface area contributed by atoms with E-state index < -0.39 is 0 Å². The second kappa shape index (κ2) is 9.45. The number of furan rings is 1. The smallest absolute Gasteiger partial charge is 0.251 e. The molecular weight excluding hydrogens is 358 g/mol. The van der Waals surface area contributed by atoms with E-state index in [0.29, 0.717) is 42.4 Å². The van der Waals surface area contributed by atoms with E-state index in [-0.39, 0.29) is 5.91 Å². The molecule has 0 saturated carbocycles. The molecule has 1 aromatic carbocycles. The van der Waals surface area contributed by atoms with Crippen LogP contribution >= 0.6 is 0 Å². The van der Waals surface area contributed by atoms with Crippen molar-refractivity contribution in [3.8, 4) is 11.5 Å². The molecule has 3 rings (SSSR count). The van der Waals surface area contributed by atoms with E-state index in [1.807, 2.05) is 30.3 Å². The van der Waals surface area contributed by atoms with Gasteiger partial charge in [-0.2, -0.15) is 0 Å². The van der Waals surface area contributed by atoms with Gasteiger partial charge in [-0.1, -0.05) is 6.07 Å². The van der Waals surface area contributed by atoms with E-state index in [0.717, 1.165) is 11.3 Å². The molecule has 0 spiro atoms. The first-order chi connectivity index (χ1) is 13.7.